The molecule has 1 aliphatic carbocycles. The van der Waals surface area contributed by atoms with E-state index in [4.69, 9.17) is 10.00 Å². The first-order valence-electron chi connectivity index (χ1n) is 8.65. The Hall–Kier alpha value is -3.66. The van der Waals surface area contributed by atoms with Gasteiger partial charge < -0.3 is 15.2 Å². The third-order valence-electron chi connectivity index (χ3n) is 4.51. The highest BCUT2D eigenvalue weighted by atomic mass is 19.1. The second-order valence-corrected chi connectivity index (χ2v) is 6.34. The summed E-state index contributed by atoms with van der Waals surface area (Å²) in [5, 5.41) is 20.9. The number of allylic oxidation sites excluding steroid dienone is 2. The van der Waals surface area contributed by atoms with Crippen LogP contribution in [-0.2, 0) is 9.59 Å². The Morgan fingerprint density at radius 1 is 1.11 bits per heavy atom. The fourth-order valence-electron chi connectivity index (χ4n) is 3.04. The number of aliphatic carboxylic acids is 1. The van der Waals surface area contributed by atoms with Crippen LogP contribution in [0.4, 0.5) is 10.1 Å². The molecule has 1 aliphatic rings. The van der Waals surface area contributed by atoms with Crippen LogP contribution in [0.25, 0.3) is 0 Å². The number of carbonyl (C=O) groups is 2. The van der Waals surface area contributed by atoms with Crippen LogP contribution in [0.1, 0.15) is 18.4 Å². The van der Waals surface area contributed by atoms with E-state index in [0.29, 0.717) is 6.42 Å². The first kappa shape index (κ1) is 19.1. The number of ether oxygens (including phenoxy) is 1. The molecule has 28 heavy (non-hydrogen) atoms. The third-order valence-corrected chi connectivity index (χ3v) is 4.51. The number of rotatable bonds is 5. The molecule has 0 radical (unpaired) electrons. The Bertz CT molecular complexity index is 981. The summed E-state index contributed by atoms with van der Waals surface area (Å²) in [5.41, 5.74) is 0.464. The maximum absolute atomic E-state index is 14.4. The average molecular weight is 380 g/mol. The van der Waals surface area contributed by atoms with E-state index in [9.17, 15) is 19.1 Å². The molecule has 0 aromatic heterocycles. The Balaban J connectivity index is 1.74. The number of anilines is 1. The molecule has 2 N–H and O–H groups in total. The highest BCUT2D eigenvalue weighted by molar-refractivity contribution is 5.95. The summed E-state index contributed by atoms with van der Waals surface area (Å²) in [7, 11) is 0. The van der Waals surface area contributed by atoms with Crippen molar-refractivity contribution in [1.82, 2.24) is 0 Å². The Morgan fingerprint density at radius 2 is 1.82 bits per heavy atom. The van der Waals surface area contributed by atoms with E-state index in [2.05, 4.69) is 5.32 Å². The van der Waals surface area contributed by atoms with Gasteiger partial charge in [-0.1, -0.05) is 24.3 Å². The molecule has 0 saturated carbocycles. The lowest BCUT2D eigenvalue weighted by atomic mass is 9.82. The number of para-hydroxylation sites is 1. The van der Waals surface area contributed by atoms with Gasteiger partial charge in [0.05, 0.1) is 17.4 Å². The summed E-state index contributed by atoms with van der Waals surface area (Å²) >= 11 is 0. The number of carboxylic acids is 1. The Morgan fingerprint density at radius 3 is 2.50 bits per heavy atom. The molecule has 0 saturated heterocycles. The number of hydrogen-bond donors (Lipinski definition) is 2. The minimum Gasteiger partial charge on any atom is -0.481 e. The SMILES string of the molecule is N#Cc1ccccc1Oc1ccc(NC(=O)C2CC=CCC2C(=O)O)cc1F. The molecular weight excluding hydrogens is 363 g/mol. The number of hydrogen-bond acceptors (Lipinski definition) is 4. The minimum atomic E-state index is -1.03. The molecule has 2 unspecified atom stereocenters. The highest BCUT2D eigenvalue weighted by Gasteiger charge is 2.34. The van der Waals surface area contributed by atoms with Gasteiger partial charge in [-0.3, -0.25) is 9.59 Å². The van der Waals surface area contributed by atoms with Gasteiger partial charge in [0.15, 0.2) is 11.6 Å². The van der Waals surface area contributed by atoms with Crippen molar-refractivity contribution in [3.8, 4) is 17.6 Å². The Kier molecular flexibility index (Phi) is 5.70. The lowest BCUT2D eigenvalue weighted by Crippen LogP contribution is -2.34. The number of benzene rings is 2. The first-order valence-corrected chi connectivity index (χ1v) is 8.65. The Labute approximate surface area is 160 Å². The van der Waals surface area contributed by atoms with E-state index < -0.39 is 29.5 Å². The average Bonchev–Trinajstić information content (AvgIpc) is 2.70. The molecule has 0 fully saturated rings. The predicted molar refractivity (Wildman–Crippen MR) is 99.3 cm³/mol. The zero-order valence-corrected chi connectivity index (χ0v) is 14.8. The molecule has 0 spiro atoms. The number of amides is 1. The number of carbonyl (C=O) groups excluding carboxylic acids is 1. The van der Waals surface area contributed by atoms with Gasteiger partial charge in [-0.15, -0.1) is 0 Å². The molecule has 6 nitrogen and oxygen atoms in total. The second-order valence-electron chi connectivity index (χ2n) is 6.34. The van der Waals surface area contributed by atoms with Crippen LogP contribution >= 0.6 is 0 Å². The predicted octanol–water partition coefficient (Wildman–Crippen LogP) is 4.10. The van der Waals surface area contributed by atoms with Gasteiger partial charge in [0.2, 0.25) is 5.91 Å². The van der Waals surface area contributed by atoms with Crippen LogP contribution in [-0.4, -0.2) is 17.0 Å². The fraction of sp³-hybridized carbons (Fsp3) is 0.190. The number of nitrogens with zero attached hydrogens (tertiary/aromatic N) is 1. The number of nitriles is 1. The molecule has 3 rings (SSSR count). The maximum atomic E-state index is 14.4. The van der Waals surface area contributed by atoms with E-state index in [1.807, 2.05) is 6.07 Å². The molecule has 142 valence electrons. The van der Waals surface area contributed by atoms with E-state index in [1.54, 1.807) is 36.4 Å². The van der Waals surface area contributed by atoms with E-state index >= 15 is 0 Å². The summed E-state index contributed by atoms with van der Waals surface area (Å²) in [5.74, 6) is -3.62. The molecule has 1 amide bonds. The van der Waals surface area contributed by atoms with Crippen LogP contribution < -0.4 is 10.1 Å². The van der Waals surface area contributed by atoms with Crippen molar-refractivity contribution in [2.45, 2.75) is 12.8 Å². The normalized spacial score (nSPS) is 18.1. The third kappa shape index (κ3) is 4.18. The van der Waals surface area contributed by atoms with E-state index in [-0.39, 0.29) is 29.2 Å². The smallest absolute Gasteiger partial charge is 0.307 e. The summed E-state index contributed by atoms with van der Waals surface area (Å²) in [6.45, 7) is 0. The summed E-state index contributed by atoms with van der Waals surface area (Å²) in [6.07, 6.45) is 4.12. The van der Waals surface area contributed by atoms with Crippen LogP contribution in [0.5, 0.6) is 11.5 Å². The van der Waals surface area contributed by atoms with Gasteiger partial charge in [0.25, 0.3) is 0 Å². The number of carboxylic acid groups (broad SMARTS) is 1. The van der Waals surface area contributed by atoms with Gasteiger partial charge >= 0.3 is 5.97 Å². The molecule has 0 aliphatic heterocycles. The molecule has 2 atom stereocenters. The fourth-order valence-corrected chi connectivity index (χ4v) is 3.04. The van der Waals surface area contributed by atoms with Crippen molar-refractivity contribution in [3.63, 3.8) is 0 Å². The van der Waals surface area contributed by atoms with Gasteiger partial charge in [-0.25, -0.2) is 4.39 Å². The largest absolute Gasteiger partial charge is 0.481 e. The molecule has 7 heteroatoms. The van der Waals surface area contributed by atoms with Crippen molar-refractivity contribution >= 4 is 17.6 Å². The van der Waals surface area contributed by atoms with Gasteiger partial charge in [0.1, 0.15) is 11.8 Å². The first-order chi connectivity index (χ1) is 13.5. The van der Waals surface area contributed by atoms with Crippen LogP contribution in [0, 0.1) is 29.0 Å². The lowest BCUT2D eigenvalue weighted by molar-refractivity contribution is -0.146. The molecular formula is C21H17FN2O4. The molecule has 0 heterocycles. The molecule has 0 bridgehead atoms. The summed E-state index contributed by atoms with van der Waals surface area (Å²) in [6, 6.07) is 12.3. The quantitative estimate of drug-likeness (QED) is 0.761. The van der Waals surface area contributed by atoms with Crippen molar-refractivity contribution < 1.29 is 23.8 Å². The monoisotopic (exact) mass is 380 g/mol. The van der Waals surface area contributed by atoms with Crippen LogP contribution in [0.3, 0.4) is 0 Å². The summed E-state index contributed by atoms with van der Waals surface area (Å²) < 4.78 is 19.9. The van der Waals surface area contributed by atoms with Crippen LogP contribution in [0.2, 0.25) is 0 Å². The maximum Gasteiger partial charge on any atom is 0.307 e. The topological polar surface area (TPSA) is 99.4 Å². The number of halogens is 1. The summed E-state index contributed by atoms with van der Waals surface area (Å²) in [4.78, 5) is 23.8. The second kappa shape index (κ2) is 8.35. The molecule has 2 aromatic rings. The van der Waals surface area contributed by atoms with Gasteiger partial charge in [-0.2, -0.15) is 5.26 Å². The van der Waals surface area contributed by atoms with Crippen molar-refractivity contribution in [2.75, 3.05) is 5.32 Å². The lowest BCUT2D eigenvalue weighted by Gasteiger charge is -2.24. The zero-order valence-electron chi connectivity index (χ0n) is 14.8. The van der Waals surface area contributed by atoms with Gasteiger partial charge in [-0.05, 0) is 37.1 Å². The van der Waals surface area contributed by atoms with Crippen LogP contribution in [0.15, 0.2) is 54.6 Å². The molecule has 2 aromatic carbocycles. The van der Waals surface area contributed by atoms with E-state index in [1.165, 1.54) is 12.1 Å². The standard InChI is InChI=1S/C21H17FN2O4/c22-17-11-14(24-20(25)15-6-2-3-7-16(15)21(26)27)9-10-19(17)28-18-8-4-1-5-13(18)12-23/h1-5,8-11,15-16H,6-7H2,(H,24,25)(H,26,27). The van der Waals surface area contributed by atoms with E-state index in [0.717, 1.165) is 6.07 Å². The van der Waals surface area contributed by atoms with Crippen molar-refractivity contribution in [2.24, 2.45) is 11.8 Å². The zero-order chi connectivity index (χ0) is 20.1. The minimum absolute atomic E-state index is 0.0929. The van der Waals surface area contributed by atoms with Crippen molar-refractivity contribution in [3.05, 3.63) is 66.0 Å². The number of nitrogens with one attached hydrogen (secondary N) is 1. The van der Waals surface area contributed by atoms with Gasteiger partial charge in [0, 0.05) is 11.8 Å². The van der Waals surface area contributed by atoms with Crippen molar-refractivity contribution in [1.29, 1.82) is 5.26 Å². The highest BCUT2D eigenvalue weighted by Crippen LogP contribution is 2.30.